The lowest BCUT2D eigenvalue weighted by molar-refractivity contribution is 0.000696. The maximum atomic E-state index is 12.0. The number of nitrogens with one attached hydrogen (secondary N) is 2. The van der Waals surface area contributed by atoms with E-state index in [0.29, 0.717) is 13.2 Å². The van der Waals surface area contributed by atoms with Gasteiger partial charge in [0.2, 0.25) is 10.0 Å². The Bertz CT molecular complexity index is 537. The second-order valence-electron chi connectivity index (χ2n) is 5.85. The van der Waals surface area contributed by atoms with Gasteiger partial charge in [0, 0.05) is 24.9 Å². The van der Waals surface area contributed by atoms with Crippen LogP contribution >= 0.6 is 0 Å². The van der Waals surface area contributed by atoms with Crippen molar-refractivity contribution in [2.45, 2.75) is 51.2 Å². The minimum absolute atomic E-state index is 0.125. The van der Waals surface area contributed by atoms with E-state index in [-0.39, 0.29) is 16.5 Å². The van der Waals surface area contributed by atoms with Gasteiger partial charge in [-0.15, -0.1) is 0 Å². The van der Waals surface area contributed by atoms with Gasteiger partial charge < -0.3 is 10.1 Å². The summed E-state index contributed by atoms with van der Waals surface area (Å²) in [5.74, 6) is 0. The first-order valence-electron chi connectivity index (χ1n) is 7.16. The number of anilines is 1. The lowest BCUT2D eigenvalue weighted by atomic mass is 10.1. The summed E-state index contributed by atoms with van der Waals surface area (Å²) in [5, 5.41) is 3.25. The second-order valence-corrected chi connectivity index (χ2v) is 7.56. The zero-order valence-electron chi connectivity index (χ0n) is 13.4. The second kappa shape index (κ2) is 7.24. The summed E-state index contributed by atoms with van der Waals surface area (Å²) in [7, 11) is -3.43. The Morgan fingerprint density at radius 2 is 1.76 bits per heavy atom. The van der Waals surface area contributed by atoms with Gasteiger partial charge in [0.25, 0.3) is 0 Å². The zero-order valence-corrected chi connectivity index (χ0v) is 14.3. The van der Waals surface area contributed by atoms with Gasteiger partial charge in [-0.2, -0.15) is 0 Å². The summed E-state index contributed by atoms with van der Waals surface area (Å²) in [4.78, 5) is 0.269. The average molecular weight is 314 g/mol. The number of hydrogen-bond donors (Lipinski definition) is 2. The number of benzene rings is 1. The molecule has 2 N–H and O–H groups in total. The molecule has 0 unspecified atom stereocenters. The first-order valence-corrected chi connectivity index (χ1v) is 8.65. The molecular weight excluding hydrogens is 288 g/mol. The summed E-state index contributed by atoms with van der Waals surface area (Å²) >= 11 is 0. The molecule has 21 heavy (non-hydrogen) atoms. The van der Waals surface area contributed by atoms with Gasteiger partial charge in [0.05, 0.1) is 10.5 Å². The summed E-state index contributed by atoms with van der Waals surface area (Å²) < 4.78 is 32.2. The van der Waals surface area contributed by atoms with Crippen LogP contribution in [0.15, 0.2) is 29.2 Å². The van der Waals surface area contributed by atoms with Crippen LogP contribution in [-0.4, -0.2) is 33.2 Å². The van der Waals surface area contributed by atoms with Crippen LogP contribution in [0.3, 0.4) is 0 Å². The van der Waals surface area contributed by atoms with Crippen molar-refractivity contribution in [3.05, 3.63) is 24.3 Å². The Labute approximate surface area is 128 Å². The summed E-state index contributed by atoms with van der Waals surface area (Å²) in [5.41, 5.74) is 0.602. The Kier molecular flexibility index (Phi) is 6.19. The fourth-order valence-corrected chi connectivity index (χ4v) is 3.14. The molecule has 1 aromatic carbocycles. The maximum Gasteiger partial charge on any atom is 0.240 e. The topological polar surface area (TPSA) is 67.4 Å². The first kappa shape index (κ1) is 17.9. The van der Waals surface area contributed by atoms with Crippen LogP contribution in [0.25, 0.3) is 0 Å². The molecule has 120 valence electrons. The summed E-state index contributed by atoms with van der Waals surface area (Å²) in [6.45, 7) is 10.9. The van der Waals surface area contributed by atoms with E-state index in [0.717, 1.165) is 5.69 Å². The number of sulfonamides is 1. The van der Waals surface area contributed by atoms with Crippen molar-refractivity contribution in [2.75, 3.05) is 18.5 Å². The number of ether oxygens (including phenoxy) is 1. The minimum Gasteiger partial charge on any atom is -0.382 e. The summed E-state index contributed by atoms with van der Waals surface area (Å²) in [6, 6.07) is 6.59. The Morgan fingerprint density at radius 1 is 1.19 bits per heavy atom. The van der Waals surface area contributed by atoms with Crippen molar-refractivity contribution in [2.24, 2.45) is 0 Å². The van der Waals surface area contributed by atoms with E-state index in [1.165, 1.54) is 0 Å². The van der Waals surface area contributed by atoms with Crippen LogP contribution < -0.4 is 10.0 Å². The quantitative estimate of drug-likeness (QED) is 0.774. The lowest BCUT2D eigenvalue weighted by Gasteiger charge is -2.25. The highest BCUT2D eigenvalue weighted by Gasteiger charge is 2.18. The van der Waals surface area contributed by atoms with Gasteiger partial charge in [-0.3, -0.25) is 0 Å². The van der Waals surface area contributed by atoms with Crippen LogP contribution in [0.1, 0.15) is 34.6 Å². The molecule has 0 bridgehead atoms. The third-order valence-corrected chi connectivity index (χ3v) is 4.48. The van der Waals surface area contributed by atoms with E-state index in [1.54, 1.807) is 38.1 Å². The van der Waals surface area contributed by atoms with Gasteiger partial charge in [-0.1, -0.05) is 0 Å². The molecule has 0 radical (unpaired) electrons. The van der Waals surface area contributed by atoms with Gasteiger partial charge in [-0.25, -0.2) is 13.1 Å². The van der Waals surface area contributed by atoms with E-state index < -0.39 is 10.0 Å². The highest BCUT2D eigenvalue weighted by atomic mass is 32.2. The molecule has 6 heteroatoms. The number of rotatable bonds is 8. The highest BCUT2D eigenvalue weighted by molar-refractivity contribution is 7.89. The van der Waals surface area contributed by atoms with E-state index in [9.17, 15) is 8.42 Å². The summed E-state index contributed by atoms with van der Waals surface area (Å²) in [6.07, 6.45) is 0. The van der Waals surface area contributed by atoms with E-state index in [2.05, 4.69) is 10.0 Å². The SMILES string of the molecule is CCOC(C)(C)CNc1ccc(S(=O)(=O)NC(C)C)cc1. The molecule has 5 nitrogen and oxygen atoms in total. The van der Waals surface area contributed by atoms with Crippen LogP contribution in [0.5, 0.6) is 0 Å². The molecule has 0 aliphatic rings. The standard InChI is InChI=1S/C15H26N2O3S/c1-6-20-15(4,5)11-16-13-7-9-14(10-8-13)21(18,19)17-12(2)3/h7-10,12,16-17H,6,11H2,1-5H3. The molecule has 1 aromatic rings. The van der Waals surface area contributed by atoms with Crippen LogP contribution in [-0.2, 0) is 14.8 Å². The average Bonchev–Trinajstić information content (AvgIpc) is 2.35. The van der Waals surface area contributed by atoms with E-state index in [1.807, 2.05) is 20.8 Å². The largest absolute Gasteiger partial charge is 0.382 e. The fraction of sp³-hybridized carbons (Fsp3) is 0.600. The normalized spacial score (nSPS) is 12.7. The Morgan fingerprint density at radius 3 is 2.24 bits per heavy atom. The predicted molar refractivity (Wildman–Crippen MR) is 86.1 cm³/mol. The van der Waals surface area contributed by atoms with Crippen molar-refractivity contribution >= 4 is 15.7 Å². The molecule has 1 rings (SSSR count). The Balaban J connectivity index is 2.71. The van der Waals surface area contributed by atoms with Gasteiger partial charge in [-0.05, 0) is 58.9 Å². The molecule has 0 spiro atoms. The molecule has 0 fully saturated rings. The molecule has 0 saturated heterocycles. The fourth-order valence-electron chi connectivity index (χ4n) is 1.89. The highest BCUT2D eigenvalue weighted by Crippen LogP contribution is 2.16. The first-order chi connectivity index (χ1) is 9.66. The molecule has 0 atom stereocenters. The van der Waals surface area contributed by atoms with E-state index >= 15 is 0 Å². The molecule has 0 aliphatic heterocycles. The van der Waals surface area contributed by atoms with Crippen LogP contribution in [0, 0.1) is 0 Å². The third-order valence-electron chi connectivity index (χ3n) is 2.81. The van der Waals surface area contributed by atoms with E-state index in [4.69, 9.17) is 4.74 Å². The number of hydrogen-bond acceptors (Lipinski definition) is 4. The minimum atomic E-state index is -3.43. The van der Waals surface area contributed by atoms with Crippen molar-refractivity contribution < 1.29 is 13.2 Å². The predicted octanol–water partition coefficient (Wildman–Crippen LogP) is 2.60. The molecule has 0 amide bonds. The smallest absolute Gasteiger partial charge is 0.240 e. The maximum absolute atomic E-state index is 12.0. The molecule has 0 saturated carbocycles. The van der Waals surface area contributed by atoms with Crippen molar-refractivity contribution in [1.82, 2.24) is 4.72 Å². The van der Waals surface area contributed by atoms with Gasteiger partial charge in [0.1, 0.15) is 0 Å². The van der Waals surface area contributed by atoms with Gasteiger partial charge in [0.15, 0.2) is 0 Å². The lowest BCUT2D eigenvalue weighted by Crippen LogP contribution is -2.33. The van der Waals surface area contributed by atoms with Crippen LogP contribution in [0.4, 0.5) is 5.69 Å². The van der Waals surface area contributed by atoms with Crippen LogP contribution in [0.2, 0.25) is 0 Å². The molecular formula is C15H26N2O3S. The van der Waals surface area contributed by atoms with Crippen molar-refractivity contribution in [1.29, 1.82) is 0 Å². The van der Waals surface area contributed by atoms with Gasteiger partial charge >= 0.3 is 0 Å². The monoisotopic (exact) mass is 314 g/mol. The molecule has 0 aromatic heterocycles. The van der Waals surface area contributed by atoms with Crippen molar-refractivity contribution in [3.8, 4) is 0 Å². The Hall–Kier alpha value is -1.11. The molecule has 0 aliphatic carbocycles. The third kappa shape index (κ3) is 6.03. The zero-order chi connectivity index (χ0) is 16.1. The van der Waals surface area contributed by atoms with Crippen molar-refractivity contribution in [3.63, 3.8) is 0 Å². The molecule has 0 heterocycles.